The van der Waals surface area contributed by atoms with Gasteiger partial charge in [0.05, 0.1) is 23.0 Å². The fraction of sp³-hybridized carbons (Fsp3) is 0.105. The molecular formula is C19H16FN5O4S. The van der Waals surface area contributed by atoms with Gasteiger partial charge in [0, 0.05) is 30.3 Å². The van der Waals surface area contributed by atoms with Gasteiger partial charge in [0.25, 0.3) is 0 Å². The molecule has 9 nitrogen and oxygen atoms in total. The number of sulfonamides is 1. The molecule has 0 aliphatic heterocycles. The van der Waals surface area contributed by atoms with Crippen LogP contribution in [0.15, 0.2) is 64.3 Å². The molecule has 0 fully saturated rings. The van der Waals surface area contributed by atoms with Crippen molar-refractivity contribution in [1.29, 1.82) is 0 Å². The highest BCUT2D eigenvalue weighted by molar-refractivity contribution is 7.89. The first-order chi connectivity index (χ1) is 14.3. The highest BCUT2D eigenvalue weighted by atomic mass is 32.2. The molecule has 0 aliphatic rings. The van der Waals surface area contributed by atoms with Crippen molar-refractivity contribution >= 4 is 10.0 Å². The number of ether oxygens (including phenoxy) is 1. The Morgan fingerprint density at radius 2 is 1.93 bits per heavy atom. The first kappa shape index (κ1) is 19.7. The normalized spacial score (nSPS) is 11.6. The zero-order chi connectivity index (χ0) is 21.3. The zero-order valence-corrected chi connectivity index (χ0v) is 16.5. The number of aryl methyl sites for hydroxylation is 1. The third-order valence-corrected chi connectivity index (χ3v) is 5.30. The summed E-state index contributed by atoms with van der Waals surface area (Å²) in [5, 5.41) is 13.4. The van der Waals surface area contributed by atoms with E-state index >= 15 is 0 Å². The highest BCUT2D eigenvalue weighted by Crippen LogP contribution is 2.29. The summed E-state index contributed by atoms with van der Waals surface area (Å²) in [5.41, 5.74) is 2.57. The monoisotopic (exact) mass is 429 g/mol. The molecule has 0 unspecified atom stereocenters. The van der Waals surface area contributed by atoms with Gasteiger partial charge in [0.15, 0.2) is 5.76 Å². The van der Waals surface area contributed by atoms with Crippen molar-refractivity contribution in [1.82, 2.24) is 19.9 Å². The summed E-state index contributed by atoms with van der Waals surface area (Å²) in [5.74, 6) is 0.275. The molecule has 11 heteroatoms. The molecule has 3 aromatic heterocycles. The summed E-state index contributed by atoms with van der Waals surface area (Å²) >= 11 is 0. The molecule has 1 aromatic carbocycles. The lowest BCUT2D eigenvalue weighted by atomic mass is 10.1. The molecule has 0 bridgehead atoms. The molecule has 3 heterocycles. The molecular weight excluding hydrogens is 413 g/mol. The van der Waals surface area contributed by atoms with Gasteiger partial charge in [0.2, 0.25) is 15.9 Å². The highest BCUT2D eigenvalue weighted by Gasteiger charge is 2.17. The number of benzene rings is 1. The van der Waals surface area contributed by atoms with Gasteiger partial charge in [-0.15, -0.1) is 0 Å². The van der Waals surface area contributed by atoms with Gasteiger partial charge in [-0.1, -0.05) is 5.16 Å². The van der Waals surface area contributed by atoms with Gasteiger partial charge in [0.1, 0.15) is 18.1 Å². The van der Waals surface area contributed by atoms with Gasteiger partial charge in [-0.2, -0.15) is 5.10 Å². The van der Waals surface area contributed by atoms with Gasteiger partial charge >= 0.3 is 0 Å². The van der Waals surface area contributed by atoms with Crippen LogP contribution in [0.5, 0.6) is 5.88 Å². The van der Waals surface area contributed by atoms with E-state index in [4.69, 9.17) is 14.4 Å². The van der Waals surface area contributed by atoms with Crippen molar-refractivity contribution in [2.75, 3.05) is 0 Å². The summed E-state index contributed by atoms with van der Waals surface area (Å²) in [6.45, 7) is 0.135. The Morgan fingerprint density at radius 1 is 1.17 bits per heavy atom. The largest absolute Gasteiger partial charge is 0.471 e. The van der Waals surface area contributed by atoms with E-state index in [-0.39, 0.29) is 17.4 Å². The van der Waals surface area contributed by atoms with E-state index in [2.05, 4.69) is 15.2 Å². The average molecular weight is 429 g/mol. The molecule has 0 amide bonds. The second-order valence-electron chi connectivity index (χ2n) is 6.38. The smallest absolute Gasteiger partial charge is 0.238 e. The summed E-state index contributed by atoms with van der Waals surface area (Å²) in [6, 6.07) is 10.4. The molecule has 0 aliphatic carbocycles. The van der Waals surface area contributed by atoms with E-state index in [1.807, 2.05) is 0 Å². The minimum Gasteiger partial charge on any atom is -0.471 e. The quantitative estimate of drug-likeness (QED) is 0.499. The van der Waals surface area contributed by atoms with Crippen LogP contribution in [-0.4, -0.2) is 28.3 Å². The van der Waals surface area contributed by atoms with Crippen molar-refractivity contribution in [2.24, 2.45) is 12.2 Å². The van der Waals surface area contributed by atoms with E-state index in [0.717, 1.165) is 6.20 Å². The maximum atomic E-state index is 13.0. The lowest BCUT2D eigenvalue weighted by Gasteiger charge is -2.07. The van der Waals surface area contributed by atoms with Gasteiger partial charge in [-0.05, 0) is 30.3 Å². The van der Waals surface area contributed by atoms with E-state index in [9.17, 15) is 12.8 Å². The van der Waals surface area contributed by atoms with Crippen LogP contribution in [0, 0.1) is 5.82 Å². The number of halogens is 1. The number of pyridine rings is 1. The predicted octanol–water partition coefficient (Wildman–Crippen LogP) is 2.50. The Bertz CT molecular complexity index is 1280. The molecule has 0 atom stereocenters. The fourth-order valence-electron chi connectivity index (χ4n) is 2.78. The predicted molar refractivity (Wildman–Crippen MR) is 104 cm³/mol. The summed E-state index contributed by atoms with van der Waals surface area (Å²) in [4.78, 5) is 3.87. The third kappa shape index (κ3) is 4.07. The van der Waals surface area contributed by atoms with Crippen molar-refractivity contribution in [3.05, 3.63) is 66.4 Å². The Kier molecular flexibility index (Phi) is 5.06. The Hall–Kier alpha value is -3.57. The van der Waals surface area contributed by atoms with Crippen molar-refractivity contribution in [3.8, 4) is 28.5 Å². The first-order valence-corrected chi connectivity index (χ1v) is 10.2. The maximum absolute atomic E-state index is 13.0. The molecule has 0 spiro atoms. The van der Waals surface area contributed by atoms with Crippen molar-refractivity contribution in [3.63, 3.8) is 0 Å². The molecule has 4 rings (SSSR count). The van der Waals surface area contributed by atoms with E-state index in [1.165, 1.54) is 24.3 Å². The molecule has 4 aromatic rings. The van der Waals surface area contributed by atoms with Crippen LogP contribution in [0.2, 0.25) is 0 Å². The molecule has 0 saturated heterocycles. The number of rotatable bonds is 6. The number of primary sulfonamides is 1. The van der Waals surface area contributed by atoms with Crippen LogP contribution in [0.4, 0.5) is 4.39 Å². The molecule has 0 saturated carbocycles. The van der Waals surface area contributed by atoms with E-state index in [1.54, 1.807) is 36.1 Å². The lowest BCUT2D eigenvalue weighted by Crippen LogP contribution is -2.11. The van der Waals surface area contributed by atoms with Gasteiger partial charge < -0.3 is 9.26 Å². The third-order valence-electron chi connectivity index (χ3n) is 4.37. The summed E-state index contributed by atoms with van der Waals surface area (Å²) in [6.07, 6.45) is 2.70. The minimum absolute atomic E-state index is 0.00656. The number of hydrogen-bond acceptors (Lipinski definition) is 7. The van der Waals surface area contributed by atoms with Crippen LogP contribution >= 0.6 is 0 Å². The topological polar surface area (TPSA) is 126 Å². The number of nitrogens with zero attached hydrogens (tertiary/aromatic N) is 4. The summed E-state index contributed by atoms with van der Waals surface area (Å²) < 4.78 is 48.4. The van der Waals surface area contributed by atoms with Gasteiger partial charge in [-0.3, -0.25) is 4.68 Å². The fourth-order valence-corrected chi connectivity index (χ4v) is 3.30. The number of aromatic nitrogens is 4. The standard InChI is InChI=1S/C19H16FN5O4S/c1-25-17(11-28-19-7-4-13(20)9-22-19)15(10-23-25)16-8-18(29-24-16)12-2-5-14(6-3-12)30(21,26)27/h2-10H,11H2,1H3,(H2,21,26,27). The molecule has 154 valence electrons. The Labute approximate surface area is 171 Å². The maximum Gasteiger partial charge on any atom is 0.238 e. The van der Waals surface area contributed by atoms with Crippen LogP contribution < -0.4 is 9.88 Å². The Balaban J connectivity index is 1.57. The summed E-state index contributed by atoms with van der Waals surface area (Å²) in [7, 11) is -2.01. The second kappa shape index (κ2) is 7.69. The van der Waals surface area contributed by atoms with Crippen LogP contribution in [-0.2, 0) is 23.7 Å². The Morgan fingerprint density at radius 3 is 2.60 bits per heavy atom. The number of nitrogens with two attached hydrogens (primary N) is 1. The van der Waals surface area contributed by atoms with Gasteiger partial charge in [-0.25, -0.2) is 22.9 Å². The SMILES string of the molecule is Cn1ncc(-c2cc(-c3ccc(S(N)(=O)=O)cc3)on2)c1COc1ccc(F)cn1. The zero-order valence-electron chi connectivity index (χ0n) is 15.7. The van der Waals surface area contributed by atoms with E-state index in [0.29, 0.717) is 28.3 Å². The van der Waals surface area contributed by atoms with Crippen LogP contribution in [0.3, 0.4) is 0 Å². The minimum atomic E-state index is -3.77. The second-order valence-corrected chi connectivity index (χ2v) is 7.94. The lowest BCUT2D eigenvalue weighted by molar-refractivity contribution is 0.283. The first-order valence-electron chi connectivity index (χ1n) is 8.67. The van der Waals surface area contributed by atoms with Crippen molar-refractivity contribution < 1.29 is 22.1 Å². The van der Waals surface area contributed by atoms with Crippen LogP contribution in [0.25, 0.3) is 22.6 Å². The molecule has 2 N–H and O–H groups in total. The molecule has 0 radical (unpaired) electrons. The van der Waals surface area contributed by atoms with E-state index < -0.39 is 15.8 Å². The van der Waals surface area contributed by atoms with Crippen LogP contribution in [0.1, 0.15) is 5.69 Å². The average Bonchev–Trinajstić information content (AvgIpc) is 3.34. The van der Waals surface area contributed by atoms with Crippen molar-refractivity contribution in [2.45, 2.75) is 11.5 Å². The molecule has 30 heavy (non-hydrogen) atoms. The number of hydrogen-bond donors (Lipinski definition) is 1.